The number of pyridine rings is 2. The number of carbonyl (C=O) groups is 1. The Kier molecular flexibility index (Phi) is 5.67. The summed E-state index contributed by atoms with van der Waals surface area (Å²) in [6.07, 6.45) is 8.36. The molecule has 0 saturated carbocycles. The zero-order valence-electron chi connectivity index (χ0n) is 18.0. The molecule has 1 aliphatic rings. The number of hydrogen-bond donors (Lipinski definition) is 1. The minimum absolute atomic E-state index is 0.168. The van der Waals surface area contributed by atoms with E-state index in [-0.39, 0.29) is 12.0 Å². The highest BCUT2D eigenvalue weighted by Gasteiger charge is 2.28. The number of hydrogen-bond acceptors (Lipinski definition) is 7. The van der Waals surface area contributed by atoms with E-state index in [2.05, 4.69) is 31.0 Å². The lowest BCUT2D eigenvalue weighted by atomic mass is 9.93. The first kappa shape index (κ1) is 21.3. The third kappa shape index (κ3) is 3.91. The predicted octanol–water partition coefficient (Wildman–Crippen LogP) is 4.14. The van der Waals surface area contributed by atoms with E-state index >= 15 is 0 Å². The lowest BCUT2D eigenvalue weighted by molar-refractivity contribution is 0.112. The Morgan fingerprint density at radius 3 is 2.64 bits per heavy atom. The van der Waals surface area contributed by atoms with Gasteiger partial charge in [-0.1, -0.05) is 6.07 Å². The third-order valence-electron chi connectivity index (χ3n) is 5.99. The topological polar surface area (TPSA) is 112 Å². The molecule has 0 bridgehead atoms. The second-order valence-corrected chi connectivity index (χ2v) is 8.69. The Labute approximate surface area is 198 Å². The van der Waals surface area contributed by atoms with Crippen LogP contribution in [0.3, 0.4) is 0 Å². The number of aromatic nitrogens is 5. The summed E-state index contributed by atoms with van der Waals surface area (Å²) in [4.78, 5) is 27.3. The first-order valence-corrected chi connectivity index (χ1v) is 11.4. The lowest BCUT2D eigenvalue weighted by Gasteiger charge is -2.31. The number of nitrogen functional groups attached to an aromatic ring is 1. The van der Waals surface area contributed by atoms with Crippen LogP contribution < -0.4 is 5.73 Å². The molecule has 0 unspecified atom stereocenters. The number of rotatable bonds is 3. The van der Waals surface area contributed by atoms with E-state index in [0.717, 1.165) is 45.4 Å². The summed E-state index contributed by atoms with van der Waals surface area (Å²) in [5, 5.41) is 4.46. The summed E-state index contributed by atoms with van der Waals surface area (Å²) in [6, 6.07) is 7.82. The van der Waals surface area contributed by atoms with Crippen molar-refractivity contribution in [2.45, 2.75) is 18.8 Å². The molecule has 0 aliphatic carbocycles. The maximum absolute atomic E-state index is 11.8. The summed E-state index contributed by atoms with van der Waals surface area (Å²) < 4.78 is 7.23. The Hall–Kier alpha value is -3.53. The maximum Gasteiger partial charge on any atom is 0.409 e. The van der Waals surface area contributed by atoms with Crippen LogP contribution in [0.1, 0.15) is 24.5 Å². The molecule has 1 amide bonds. The molecule has 1 saturated heterocycles. The van der Waals surface area contributed by atoms with Gasteiger partial charge in [-0.15, -0.1) is 0 Å². The molecule has 1 aliphatic heterocycles. The Morgan fingerprint density at radius 2 is 1.97 bits per heavy atom. The Balaban J connectivity index is 1.48. The SMILES string of the molecule is COC(=O)N1CCC(c2nc3c(-c4ccc(-c5cccnc5)nc4)cnn3c(N)c2Br)CC1. The number of halogens is 1. The number of carbonyl (C=O) groups excluding carboxylic acids is 1. The van der Waals surface area contributed by atoms with E-state index in [4.69, 9.17) is 15.5 Å². The standard InChI is InChI=1S/C23H22BrN7O2/c1-33-23(32)30-9-6-14(7-10-30)20-19(24)21(25)31-22(29-20)17(13-28-31)15-4-5-18(27-12-15)16-3-2-8-26-11-16/h2-5,8,11-14H,6-7,9-10,25H2,1H3. The molecule has 5 heterocycles. The highest BCUT2D eigenvalue weighted by Crippen LogP contribution is 2.37. The summed E-state index contributed by atoms with van der Waals surface area (Å²) in [6.45, 7) is 1.23. The molecule has 1 fully saturated rings. The summed E-state index contributed by atoms with van der Waals surface area (Å²) in [5.41, 5.74) is 11.5. The minimum atomic E-state index is -0.296. The molecule has 0 atom stereocenters. The molecule has 9 nitrogen and oxygen atoms in total. The molecule has 0 aromatic carbocycles. The van der Waals surface area contributed by atoms with Crippen LogP contribution in [0.15, 0.2) is 53.5 Å². The molecule has 0 spiro atoms. The number of anilines is 1. The molecule has 168 valence electrons. The van der Waals surface area contributed by atoms with Crippen molar-refractivity contribution < 1.29 is 9.53 Å². The lowest BCUT2D eigenvalue weighted by Crippen LogP contribution is -2.38. The van der Waals surface area contributed by atoms with Crippen molar-refractivity contribution in [3.8, 4) is 22.4 Å². The van der Waals surface area contributed by atoms with Crippen LogP contribution >= 0.6 is 15.9 Å². The van der Waals surface area contributed by atoms with Crippen molar-refractivity contribution in [3.05, 3.63) is 59.2 Å². The van der Waals surface area contributed by atoms with Crippen LogP contribution in [0, 0.1) is 0 Å². The molecule has 4 aromatic heterocycles. The van der Waals surface area contributed by atoms with E-state index in [1.54, 1.807) is 28.0 Å². The van der Waals surface area contributed by atoms with Crippen molar-refractivity contribution in [2.75, 3.05) is 25.9 Å². The van der Waals surface area contributed by atoms with Crippen LogP contribution in [0.25, 0.3) is 28.0 Å². The molecular formula is C23H22BrN7O2. The zero-order chi connectivity index (χ0) is 22.9. The summed E-state index contributed by atoms with van der Waals surface area (Å²) in [5.74, 6) is 0.665. The Bertz CT molecular complexity index is 1300. The van der Waals surface area contributed by atoms with Crippen LogP contribution in [0.5, 0.6) is 0 Å². The number of methoxy groups -OCH3 is 1. The van der Waals surface area contributed by atoms with Gasteiger partial charge in [0.1, 0.15) is 5.82 Å². The molecular weight excluding hydrogens is 486 g/mol. The van der Waals surface area contributed by atoms with Crippen LogP contribution in [-0.2, 0) is 4.74 Å². The summed E-state index contributed by atoms with van der Waals surface area (Å²) >= 11 is 3.62. The van der Waals surface area contributed by atoms with Gasteiger partial charge in [-0.05, 0) is 47.0 Å². The average molecular weight is 508 g/mol. The molecule has 10 heteroatoms. The molecule has 0 radical (unpaired) electrons. The van der Waals surface area contributed by atoms with Gasteiger partial charge in [-0.3, -0.25) is 9.97 Å². The molecule has 5 rings (SSSR count). The number of fused-ring (bicyclic) bond motifs is 1. The third-order valence-corrected chi connectivity index (χ3v) is 6.81. The maximum atomic E-state index is 11.8. The first-order valence-electron chi connectivity index (χ1n) is 10.6. The van der Waals surface area contributed by atoms with Crippen LogP contribution in [-0.4, -0.2) is 55.8 Å². The molecule has 2 N–H and O–H groups in total. The van der Waals surface area contributed by atoms with Gasteiger partial charge in [-0.2, -0.15) is 9.61 Å². The average Bonchev–Trinajstić information content (AvgIpc) is 3.30. The van der Waals surface area contributed by atoms with Crippen molar-refractivity contribution >= 4 is 33.5 Å². The fraction of sp³-hybridized carbons (Fsp3) is 0.261. The monoisotopic (exact) mass is 507 g/mol. The van der Waals surface area contributed by atoms with Crippen molar-refractivity contribution in [1.29, 1.82) is 0 Å². The molecule has 4 aromatic rings. The number of likely N-dealkylation sites (tertiary alicyclic amines) is 1. The fourth-order valence-corrected chi connectivity index (χ4v) is 4.77. The van der Waals surface area contributed by atoms with E-state index in [9.17, 15) is 4.79 Å². The molecule has 33 heavy (non-hydrogen) atoms. The van der Waals surface area contributed by atoms with Gasteiger partial charge in [0.05, 0.1) is 29.2 Å². The Morgan fingerprint density at radius 1 is 1.15 bits per heavy atom. The van der Waals surface area contributed by atoms with Gasteiger partial charge in [0, 0.05) is 54.3 Å². The number of nitrogens with two attached hydrogens (primary N) is 1. The highest BCUT2D eigenvalue weighted by atomic mass is 79.9. The van der Waals surface area contributed by atoms with Gasteiger partial charge < -0.3 is 15.4 Å². The number of piperidine rings is 1. The van der Waals surface area contributed by atoms with Gasteiger partial charge in [-0.25, -0.2) is 9.78 Å². The minimum Gasteiger partial charge on any atom is -0.453 e. The largest absolute Gasteiger partial charge is 0.453 e. The van der Waals surface area contributed by atoms with Crippen molar-refractivity contribution in [3.63, 3.8) is 0 Å². The smallest absolute Gasteiger partial charge is 0.409 e. The second kappa shape index (κ2) is 8.78. The predicted molar refractivity (Wildman–Crippen MR) is 128 cm³/mol. The highest BCUT2D eigenvalue weighted by molar-refractivity contribution is 9.10. The van der Waals surface area contributed by atoms with E-state index in [1.807, 2.05) is 30.5 Å². The number of nitrogens with zero attached hydrogens (tertiary/aromatic N) is 6. The first-order chi connectivity index (χ1) is 16.1. The normalized spacial score (nSPS) is 14.5. The van der Waals surface area contributed by atoms with E-state index in [1.165, 1.54) is 7.11 Å². The van der Waals surface area contributed by atoms with Gasteiger partial charge in [0.25, 0.3) is 0 Å². The number of amides is 1. The van der Waals surface area contributed by atoms with E-state index in [0.29, 0.717) is 24.6 Å². The van der Waals surface area contributed by atoms with Crippen molar-refractivity contribution in [1.82, 2.24) is 29.5 Å². The van der Waals surface area contributed by atoms with Crippen molar-refractivity contribution in [2.24, 2.45) is 0 Å². The quantitative estimate of drug-likeness (QED) is 0.443. The second-order valence-electron chi connectivity index (χ2n) is 7.90. The van der Waals surface area contributed by atoms with Gasteiger partial charge in [0.2, 0.25) is 0 Å². The zero-order valence-corrected chi connectivity index (χ0v) is 19.6. The van der Waals surface area contributed by atoms with E-state index < -0.39 is 0 Å². The van der Waals surface area contributed by atoms with Gasteiger partial charge >= 0.3 is 6.09 Å². The summed E-state index contributed by atoms with van der Waals surface area (Å²) in [7, 11) is 1.40. The number of ether oxygens (including phenoxy) is 1. The van der Waals surface area contributed by atoms with Gasteiger partial charge in [0.15, 0.2) is 5.65 Å². The van der Waals surface area contributed by atoms with Crippen LogP contribution in [0.4, 0.5) is 10.6 Å². The fourth-order valence-electron chi connectivity index (χ4n) is 4.19. The van der Waals surface area contributed by atoms with Crippen LogP contribution in [0.2, 0.25) is 0 Å².